The van der Waals surface area contributed by atoms with Gasteiger partial charge in [-0.3, -0.25) is 14.6 Å². The molecule has 1 fully saturated rings. The zero-order valence-corrected chi connectivity index (χ0v) is 17.0. The summed E-state index contributed by atoms with van der Waals surface area (Å²) in [6.07, 6.45) is 6.66. The zero-order chi connectivity index (χ0) is 21.4. The third kappa shape index (κ3) is 5.08. The molecule has 1 atom stereocenters. The smallest absolute Gasteiger partial charge is 0.271 e. The van der Waals surface area contributed by atoms with Crippen LogP contribution in [0.2, 0.25) is 0 Å². The second-order valence-corrected chi connectivity index (χ2v) is 7.61. The Labute approximate surface area is 175 Å². The van der Waals surface area contributed by atoms with Gasteiger partial charge in [0.2, 0.25) is 6.41 Å². The van der Waals surface area contributed by atoms with Crippen molar-refractivity contribution in [2.24, 2.45) is 0 Å². The molecule has 3 rings (SSSR count). The number of nitrogens with one attached hydrogen (secondary N) is 3. The van der Waals surface area contributed by atoms with E-state index in [1.165, 1.54) is 6.07 Å². The van der Waals surface area contributed by atoms with E-state index >= 15 is 0 Å². The van der Waals surface area contributed by atoms with Crippen LogP contribution in [0.5, 0.6) is 0 Å². The summed E-state index contributed by atoms with van der Waals surface area (Å²) in [6.45, 7) is 2.83. The van der Waals surface area contributed by atoms with Gasteiger partial charge in [-0.25, -0.2) is 4.39 Å². The van der Waals surface area contributed by atoms with E-state index in [1.807, 2.05) is 6.92 Å². The normalized spacial score (nSPS) is 15.5. The molecule has 0 saturated heterocycles. The summed E-state index contributed by atoms with van der Waals surface area (Å²) in [6, 6.07) is 6.17. The third-order valence-corrected chi connectivity index (χ3v) is 5.53. The Morgan fingerprint density at radius 3 is 2.73 bits per heavy atom. The van der Waals surface area contributed by atoms with Crippen LogP contribution in [0.3, 0.4) is 0 Å². The molecule has 1 unspecified atom stereocenters. The number of nitrogens with zero attached hydrogens (tertiary/aromatic N) is 3. The van der Waals surface area contributed by atoms with Gasteiger partial charge >= 0.3 is 0 Å². The van der Waals surface area contributed by atoms with Crippen molar-refractivity contribution in [3.05, 3.63) is 47.7 Å². The van der Waals surface area contributed by atoms with Crippen LogP contribution in [0.25, 0.3) is 0 Å². The van der Waals surface area contributed by atoms with Crippen molar-refractivity contribution < 1.29 is 14.0 Å². The topological polar surface area (TPSA) is 109 Å². The Kier molecular flexibility index (Phi) is 7.26. The molecule has 160 valence electrons. The molecule has 1 aliphatic carbocycles. The Morgan fingerprint density at radius 1 is 1.30 bits per heavy atom. The van der Waals surface area contributed by atoms with Crippen LogP contribution in [0, 0.1) is 5.82 Å². The number of halogens is 1. The molecule has 0 aromatic carbocycles. The fourth-order valence-electron chi connectivity index (χ4n) is 3.68. The maximum atomic E-state index is 14.2. The molecule has 1 aliphatic rings. The standard InChI is InChI=1S/C21H27FN6O2/c1-2-5-15(26-14-29)12-24-20(30)17-7-8-18(28-27-17)25-13-21(9-4-10-21)19-16(22)6-3-11-23-19/h3,6-8,11,14-15H,2,4-5,9-10,12-13H2,1H3,(H,24,30)(H,25,28)(H,26,29). The van der Waals surface area contributed by atoms with E-state index in [4.69, 9.17) is 0 Å². The molecular weight excluding hydrogens is 387 g/mol. The predicted octanol–water partition coefficient (Wildman–Crippen LogP) is 2.19. The van der Waals surface area contributed by atoms with Crippen LogP contribution in [-0.2, 0) is 10.2 Å². The summed E-state index contributed by atoms with van der Waals surface area (Å²) in [5, 5.41) is 16.7. The minimum absolute atomic E-state index is 0.115. The Bertz CT molecular complexity index is 857. The molecule has 9 heteroatoms. The van der Waals surface area contributed by atoms with E-state index in [0.717, 1.165) is 32.1 Å². The lowest BCUT2D eigenvalue weighted by atomic mass is 9.66. The number of carbonyl (C=O) groups is 2. The van der Waals surface area contributed by atoms with E-state index in [0.29, 0.717) is 31.0 Å². The highest BCUT2D eigenvalue weighted by molar-refractivity contribution is 5.92. The Hall–Kier alpha value is -3.10. The molecule has 0 bridgehead atoms. The minimum Gasteiger partial charge on any atom is -0.368 e. The van der Waals surface area contributed by atoms with Crippen molar-refractivity contribution in [2.75, 3.05) is 18.4 Å². The van der Waals surface area contributed by atoms with Crippen LogP contribution < -0.4 is 16.0 Å². The number of hydrogen-bond donors (Lipinski definition) is 3. The SMILES string of the molecule is CCCC(CNC(=O)c1ccc(NCC2(c3ncccc3F)CCC2)nn1)NC=O. The lowest BCUT2D eigenvalue weighted by molar-refractivity contribution is -0.110. The Balaban J connectivity index is 1.56. The quantitative estimate of drug-likeness (QED) is 0.487. The van der Waals surface area contributed by atoms with Gasteiger partial charge in [0.05, 0.1) is 5.69 Å². The summed E-state index contributed by atoms with van der Waals surface area (Å²) in [7, 11) is 0. The second-order valence-electron chi connectivity index (χ2n) is 7.61. The van der Waals surface area contributed by atoms with Crippen molar-refractivity contribution in [3.8, 4) is 0 Å². The molecule has 3 N–H and O–H groups in total. The van der Waals surface area contributed by atoms with Gasteiger partial charge in [0, 0.05) is 30.7 Å². The number of rotatable bonds is 11. The molecule has 0 radical (unpaired) electrons. The molecule has 1 saturated carbocycles. The van der Waals surface area contributed by atoms with Gasteiger partial charge in [0.25, 0.3) is 5.91 Å². The third-order valence-electron chi connectivity index (χ3n) is 5.53. The molecular formula is C21H27FN6O2. The molecule has 2 amide bonds. The number of hydrogen-bond acceptors (Lipinski definition) is 6. The van der Waals surface area contributed by atoms with E-state index in [9.17, 15) is 14.0 Å². The maximum Gasteiger partial charge on any atom is 0.271 e. The summed E-state index contributed by atoms with van der Waals surface area (Å²) in [5.41, 5.74) is 0.331. The molecule has 2 heterocycles. The molecule has 30 heavy (non-hydrogen) atoms. The van der Waals surface area contributed by atoms with E-state index < -0.39 is 0 Å². The van der Waals surface area contributed by atoms with Crippen LogP contribution in [0.4, 0.5) is 10.2 Å². The first-order chi connectivity index (χ1) is 14.6. The molecule has 2 aromatic rings. The Morgan fingerprint density at radius 2 is 2.13 bits per heavy atom. The molecule has 8 nitrogen and oxygen atoms in total. The van der Waals surface area contributed by atoms with Crippen molar-refractivity contribution in [2.45, 2.75) is 50.5 Å². The van der Waals surface area contributed by atoms with Gasteiger partial charge in [0.15, 0.2) is 5.69 Å². The monoisotopic (exact) mass is 414 g/mol. The van der Waals surface area contributed by atoms with Crippen molar-refractivity contribution in [1.29, 1.82) is 0 Å². The van der Waals surface area contributed by atoms with Crippen molar-refractivity contribution in [3.63, 3.8) is 0 Å². The number of carbonyl (C=O) groups excluding carboxylic acids is 2. The minimum atomic E-state index is -0.353. The first-order valence-electron chi connectivity index (χ1n) is 10.2. The maximum absolute atomic E-state index is 14.2. The number of anilines is 1. The van der Waals surface area contributed by atoms with Crippen LogP contribution in [-0.4, -0.2) is 46.6 Å². The highest BCUT2D eigenvalue weighted by atomic mass is 19.1. The van der Waals surface area contributed by atoms with Gasteiger partial charge < -0.3 is 16.0 Å². The second kappa shape index (κ2) is 10.1. The largest absolute Gasteiger partial charge is 0.368 e. The molecule has 2 aromatic heterocycles. The van der Waals surface area contributed by atoms with Crippen molar-refractivity contribution >= 4 is 18.1 Å². The molecule has 0 spiro atoms. The van der Waals surface area contributed by atoms with E-state index in [2.05, 4.69) is 31.1 Å². The highest BCUT2D eigenvalue weighted by Gasteiger charge is 2.41. The van der Waals surface area contributed by atoms with Crippen LogP contribution in [0.15, 0.2) is 30.5 Å². The summed E-state index contributed by atoms with van der Waals surface area (Å²) in [5.74, 6) is -0.128. The van der Waals surface area contributed by atoms with Gasteiger partial charge in [0.1, 0.15) is 11.6 Å². The number of amides is 2. The lowest BCUT2D eigenvalue weighted by Gasteiger charge is -2.41. The van der Waals surface area contributed by atoms with Crippen molar-refractivity contribution in [1.82, 2.24) is 25.8 Å². The first-order valence-corrected chi connectivity index (χ1v) is 10.2. The fraction of sp³-hybridized carbons (Fsp3) is 0.476. The molecule has 0 aliphatic heterocycles. The highest BCUT2D eigenvalue weighted by Crippen LogP contribution is 2.43. The summed E-state index contributed by atoms with van der Waals surface area (Å²) in [4.78, 5) is 27.1. The van der Waals surface area contributed by atoms with Gasteiger partial charge in [-0.15, -0.1) is 10.2 Å². The lowest BCUT2D eigenvalue weighted by Crippen LogP contribution is -2.42. The number of aromatic nitrogens is 3. The zero-order valence-electron chi connectivity index (χ0n) is 17.0. The predicted molar refractivity (Wildman–Crippen MR) is 110 cm³/mol. The van der Waals surface area contributed by atoms with Gasteiger partial charge in [-0.05, 0) is 43.5 Å². The van der Waals surface area contributed by atoms with E-state index in [-0.39, 0.29) is 28.9 Å². The van der Waals surface area contributed by atoms with Crippen LogP contribution >= 0.6 is 0 Å². The van der Waals surface area contributed by atoms with Gasteiger partial charge in [-0.2, -0.15) is 0 Å². The first kappa shape index (κ1) is 21.6. The van der Waals surface area contributed by atoms with Gasteiger partial charge in [-0.1, -0.05) is 19.8 Å². The summed E-state index contributed by atoms with van der Waals surface area (Å²) >= 11 is 0. The van der Waals surface area contributed by atoms with Crippen LogP contribution in [0.1, 0.15) is 55.2 Å². The van der Waals surface area contributed by atoms with E-state index in [1.54, 1.807) is 24.4 Å². The fourth-order valence-corrected chi connectivity index (χ4v) is 3.68. The average Bonchev–Trinajstić information content (AvgIpc) is 2.73. The number of pyridine rings is 1. The summed E-state index contributed by atoms with van der Waals surface area (Å²) < 4.78 is 14.2. The average molecular weight is 414 g/mol.